The number of imide groups is 1. The molecule has 0 spiro atoms. The monoisotopic (exact) mass is 275 g/mol. The Bertz CT molecular complexity index is 514. The maximum Gasteiger partial charge on any atom is 0.261 e. The first-order valence-corrected chi connectivity index (χ1v) is 6.84. The van der Waals surface area contributed by atoms with Gasteiger partial charge in [-0.3, -0.25) is 14.5 Å². The van der Waals surface area contributed by atoms with Gasteiger partial charge in [-0.05, 0) is 25.5 Å². The zero-order chi connectivity index (χ0) is 14.2. The summed E-state index contributed by atoms with van der Waals surface area (Å²) >= 11 is 0. The van der Waals surface area contributed by atoms with E-state index in [2.05, 4.69) is 0 Å². The van der Waals surface area contributed by atoms with Gasteiger partial charge in [-0.25, -0.2) is 0 Å². The quantitative estimate of drug-likeness (QED) is 0.790. The summed E-state index contributed by atoms with van der Waals surface area (Å²) in [6.07, 6.45) is 1.36. The SMILES string of the molecule is CC1(CCN2C(=O)c3ccccc3C2=O)OCCCO1. The normalized spacial score (nSPS) is 21.1. The lowest BCUT2D eigenvalue weighted by molar-refractivity contribution is -0.258. The molecule has 5 nitrogen and oxygen atoms in total. The number of ether oxygens (including phenoxy) is 2. The van der Waals surface area contributed by atoms with Gasteiger partial charge in [0.2, 0.25) is 0 Å². The highest BCUT2D eigenvalue weighted by atomic mass is 16.7. The van der Waals surface area contributed by atoms with Gasteiger partial charge in [0, 0.05) is 13.0 Å². The lowest BCUT2D eigenvalue weighted by Crippen LogP contribution is -2.42. The molecule has 1 aromatic carbocycles. The highest BCUT2D eigenvalue weighted by molar-refractivity contribution is 6.21. The number of amides is 2. The fourth-order valence-corrected chi connectivity index (χ4v) is 2.58. The maximum absolute atomic E-state index is 12.2. The van der Waals surface area contributed by atoms with Gasteiger partial charge in [0.1, 0.15) is 0 Å². The number of nitrogens with zero attached hydrogens (tertiary/aromatic N) is 1. The molecule has 0 aliphatic carbocycles. The van der Waals surface area contributed by atoms with Crippen LogP contribution in [-0.2, 0) is 9.47 Å². The van der Waals surface area contributed by atoms with Gasteiger partial charge in [0.05, 0.1) is 24.3 Å². The molecular weight excluding hydrogens is 258 g/mol. The summed E-state index contributed by atoms with van der Waals surface area (Å²) in [5.41, 5.74) is 0.960. The predicted molar refractivity (Wildman–Crippen MR) is 71.4 cm³/mol. The van der Waals surface area contributed by atoms with Crippen LogP contribution < -0.4 is 0 Å². The van der Waals surface area contributed by atoms with Crippen LogP contribution in [0.5, 0.6) is 0 Å². The topological polar surface area (TPSA) is 55.8 Å². The lowest BCUT2D eigenvalue weighted by atomic mass is 10.1. The molecular formula is C15H17NO4. The van der Waals surface area contributed by atoms with Crippen molar-refractivity contribution < 1.29 is 19.1 Å². The van der Waals surface area contributed by atoms with Crippen LogP contribution in [0.4, 0.5) is 0 Å². The standard InChI is InChI=1S/C15H17NO4/c1-15(19-9-4-10-20-15)7-8-16-13(17)11-5-2-3-6-12(11)14(16)18/h2-3,5-6H,4,7-10H2,1H3. The van der Waals surface area contributed by atoms with Crippen molar-refractivity contribution in [3.63, 3.8) is 0 Å². The van der Waals surface area contributed by atoms with Gasteiger partial charge in [-0.2, -0.15) is 0 Å². The Morgan fingerprint density at radius 2 is 1.65 bits per heavy atom. The molecule has 1 saturated heterocycles. The van der Waals surface area contributed by atoms with E-state index in [4.69, 9.17) is 9.47 Å². The zero-order valence-corrected chi connectivity index (χ0v) is 11.4. The average Bonchev–Trinajstić information content (AvgIpc) is 2.70. The number of hydrogen-bond acceptors (Lipinski definition) is 4. The summed E-state index contributed by atoms with van der Waals surface area (Å²) in [4.78, 5) is 25.7. The molecule has 0 atom stereocenters. The van der Waals surface area contributed by atoms with Crippen LogP contribution in [0, 0.1) is 0 Å². The largest absolute Gasteiger partial charge is 0.350 e. The Kier molecular flexibility index (Phi) is 3.31. The third kappa shape index (κ3) is 2.23. The molecule has 2 aliphatic rings. The van der Waals surface area contributed by atoms with Gasteiger partial charge >= 0.3 is 0 Å². The average molecular weight is 275 g/mol. The van der Waals surface area contributed by atoms with Crippen LogP contribution in [0.15, 0.2) is 24.3 Å². The van der Waals surface area contributed by atoms with E-state index in [0.717, 1.165) is 6.42 Å². The van der Waals surface area contributed by atoms with Crippen molar-refractivity contribution in [1.29, 1.82) is 0 Å². The van der Waals surface area contributed by atoms with E-state index in [9.17, 15) is 9.59 Å². The summed E-state index contributed by atoms with van der Waals surface area (Å²) in [6.45, 7) is 3.46. The van der Waals surface area contributed by atoms with E-state index in [-0.39, 0.29) is 11.8 Å². The second kappa shape index (κ2) is 5.00. The molecule has 0 N–H and O–H groups in total. The van der Waals surface area contributed by atoms with Crippen LogP contribution in [0.25, 0.3) is 0 Å². The predicted octanol–water partition coefficient (Wildman–Crippen LogP) is 1.83. The van der Waals surface area contributed by atoms with E-state index in [1.54, 1.807) is 24.3 Å². The van der Waals surface area contributed by atoms with Gasteiger partial charge in [0.25, 0.3) is 11.8 Å². The minimum absolute atomic E-state index is 0.231. The van der Waals surface area contributed by atoms with Crippen LogP contribution in [-0.4, -0.2) is 42.3 Å². The Balaban J connectivity index is 1.70. The van der Waals surface area contributed by atoms with E-state index in [1.807, 2.05) is 6.92 Å². The van der Waals surface area contributed by atoms with Crippen molar-refractivity contribution in [1.82, 2.24) is 4.90 Å². The summed E-state index contributed by atoms with van der Waals surface area (Å²) in [7, 11) is 0. The van der Waals surface area contributed by atoms with Crippen molar-refractivity contribution in [3.05, 3.63) is 35.4 Å². The fraction of sp³-hybridized carbons (Fsp3) is 0.467. The van der Waals surface area contributed by atoms with Crippen molar-refractivity contribution in [3.8, 4) is 0 Å². The second-order valence-electron chi connectivity index (χ2n) is 5.24. The summed E-state index contributed by atoms with van der Waals surface area (Å²) < 4.78 is 11.2. The first-order chi connectivity index (χ1) is 9.61. The first-order valence-electron chi connectivity index (χ1n) is 6.84. The van der Waals surface area contributed by atoms with E-state index < -0.39 is 5.79 Å². The number of benzene rings is 1. The summed E-state index contributed by atoms with van der Waals surface area (Å²) in [6, 6.07) is 6.90. The fourth-order valence-electron chi connectivity index (χ4n) is 2.58. The van der Waals surface area contributed by atoms with Crippen molar-refractivity contribution in [2.45, 2.75) is 25.6 Å². The molecule has 2 heterocycles. The summed E-state index contributed by atoms with van der Waals surface area (Å²) in [5.74, 6) is -1.16. The molecule has 2 amide bonds. The smallest absolute Gasteiger partial charge is 0.261 e. The molecule has 0 unspecified atom stereocenters. The van der Waals surface area contributed by atoms with Gasteiger partial charge < -0.3 is 9.47 Å². The third-order valence-corrected chi connectivity index (χ3v) is 3.77. The maximum atomic E-state index is 12.2. The van der Waals surface area contributed by atoms with Crippen LogP contribution >= 0.6 is 0 Å². The van der Waals surface area contributed by atoms with Crippen LogP contribution in [0.1, 0.15) is 40.5 Å². The molecule has 5 heteroatoms. The highest BCUT2D eigenvalue weighted by Gasteiger charge is 2.37. The third-order valence-electron chi connectivity index (χ3n) is 3.77. The van der Waals surface area contributed by atoms with Gasteiger partial charge in [0.15, 0.2) is 5.79 Å². The minimum Gasteiger partial charge on any atom is -0.350 e. The minimum atomic E-state index is -0.701. The Morgan fingerprint density at radius 3 is 2.20 bits per heavy atom. The zero-order valence-electron chi connectivity index (χ0n) is 11.4. The highest BCUT2D eigenvalue weighted by Crippen LogP contribution is 2.26. The van der Waals surface area contributed by atoms with Crippen molar-refractivity contribution in [2.75, 3.05) is 19.8 Å². The molecule has 1 fully saturated rings. The van der Waals surface area contributed by atoms with Crippen molar-refractivity contribution >= 4 is 11.8 Å². The van der Waals surface area contributed by atoms with E-state index >= 15 is 0 Å². The lowest BCUT2D eigenvalue weighted by Gasteiger charge is -2.34. The molecule has 0 bridgehead atoms. The summed E-state index contributed by atoms with van der Waals surface area (Å²) in [5, 5.41) is 0. The molecule has 106 valence electrons. The Labute approximate surface area is 117 Å². The molecule has 0 radical (unpaired) electrons. The molecule has 0 aromatic heterocycles. The molecule has 0 saturated carbocycles. The van der Waals surface area contributed by atoms with Crippen LogP contribution in [0.3, 0.4) is 0 Å². The second-order valence-corrected chi connectivity index (χ2v) is 5.24. The van der Waals surface area contributed by atoms with E-state index in [1.165, 1.54) is 4.90 Å². The number of carbonyl (C=O) groups is 2. The first kappa shape index (κ1) is 13.3. The number of rotatable bonds is 3. The molecule has 20 heavy (non-hydrogen) atoms. The number of fused-ring (bicyclic) bond motifs is 1. The van der Waals surface area contributed by atoms with Crippen LogP contribution in [0.2, 0.25) is 0 Å². The molecule has 3 rings (SSSR count). The van der Waals surface area contributed by atoms with Gasteiger partial charge in [-0.15, -0.1) is 0 Å². The van der Waals surface area contributed by atoms with Crippen molar-refractivity contribution in [2.24, 2.45) is 0 Å². The Morgan fingerprint density at radius 1 is 1.10 bits per heavy atom. The number of carbonyl (C=O) groups excluding carboxylic acids is 2. The molecule has 2 aliphatic heterocycles. The van der Waals surface area contributed by atoms with E-state index in [0.29, 0.717) is 37.3 Å². The Hall–Kier alpha value is -1.72. The molecule has 1 aromatic rings. The van der Waals surface area contributed by atoms with Gasteiger partial charge in [-0.1, -0.05) is 12.1 Å². The number of hydrogen-bond donors (Lipinski definition) is 0.